The molecule has 0 spiro atoms. The van der Waals surface area contributed by atoms with E-state index in [0.29, 0.717) is 12.8 Å². The van der Waals surface area contributed by atoms with Crippen molar-refractivity contribution < 1.29 is 14.0 Å². The molecule has 120 valence electrons. The van der Waals surface area contributed by atoms with Gasteiger partial charge in [-0.05, 0) is 30.7 Å². The van der Waals surface area contributed by atoms with Crippen LogP contribution in [0.3, 0.4) is 0 Å². The van der Waals surface area contributed by atoms with Crippen molar-refractivity contribution in [3.63, 3.8) is 0 Å². The summed E-state index contributed by atoms with van der Waals surface area (Å²) in [6.07, 6.45) is 0.808. The molecule has 5 nitrogen and oxygen atoms in total. The monoisotopic (exact) mass is 307 g/mol. The number of benzene rings is 1. The lowest BCUT2D eigenvalue weighted by atomic mass is 9.96. The number of hydrogen-bond donors (Lipinski definition) is 1. The van der Waals surface area contributed by atoms with Gasteiger partial charge < -0.3 is 15.1 Å². The summed E-state index contributed by atoms with van der Waals surface area (Å²) in [6.45, 7) is 5.19. The van der Waals surface area contributed by atoms with Crippen molar-refractivity contribution in [3.05, 3.63) is 29.6 Å². The third-order valence-corrected chi connectivity index (χ3v) is 4.11. The third kappa shape index (κ3) is 4.04. The number of rotatable bonds is 5. The number of piperazine rings is 1. The lowest BCUT2D eigenvalue weighted by Gasteiger charge is -2.33. The average molecular weight is 307 g/mol. The van der Waals surface area contributed by atoms with Gasteiger partial charge in [0.2, 0.25) is 12.3 Å². The fraction of sp³-hybridized carbons (Fsp3) is 0.500. The SMILES string of the molecule is CC(CC(=O)N1CCN(C)CC1)c1ccc(NC=O)c(F)c1. The number of likely N-dealkylation sites (N-methyl/N-ethyl adjacent to an activating group) is 1. The highest BCUT2D eigenvalue weighted by atomic mass is 19.1. The molecule has 0 aliphatic carbocycles. The molecule has 22 heavy (non-hydrogen) atoms. The Hall–Kier alpha value is -1.95. The van der Waals surface area contributed by atoms with Crippen molar-refractivity contribution in [2.75, 3.05) is 38.5 Å². The van der Waals surface area contributed by atoms with Gasteiger partial charge in [-0.3, -0.25) is 9.59 Å². The molecular weight excluding hydrogens is 285 g/mol. The summed E-state index contributed by atoms with van der Waals surface area (Å²) in [5.74, 6) is -0.438. The van der Waals surface area contributed by atoms with Gasteiger partial charge in [-0.1, -0.05) is 13.0 Å². The van der Waals surface area contributed by atoms with Gasteiger partial charge in [-0.15, -0.1) is 0 Å². The second-order valence-electron chi connectivity index (χ2n) is 5.79. The molecule has 1 atom stereocenters. The number of nitrogens with zero attached hydrogens (tertiary/aromatic N) is 2. The maximum absolute atomic E-state index is 13.8. The first-order chi connectivity index (χ1) is 10.5. The van der Waals surface area contributed by atoms with Crippen LogP contribution in [0.2, 0.25) is 0 Å². The summed E-state index contributed by atoms with van der Waals surface area (Å²) >= 11 is 0. The molecule has 1 heterocycles. The van der Waals surface area contributed by atoms with Crippen molar-refractivity contribution in [2.24, 2.45) is 0 Å². The van der Waals surface area contributed by atoms with E-state index in [4.69, 9.17) is 0 Å². The van der Waals surface area contributed by atoms with E-state index in [1.54, 1.807) is 6.07 Å². The van der Waals surface area contributed by atoms with Crippen LogP contribution in [0.4, 0.5) is 10.1 Å². The minimum absolute atomic E-state index is 0.0630. The standard InChI is InChI=1S/C16H22FN3O2/c1-12(9-16(22)20-7-5-19(2)6-8-20)13-3-4-15(18-11-21)14(17)10-13/h3-4,10-12H,5-9H2,1-2H3,(H,18,21). The van der Waals surface area contributed by atoms with E-state index < -0.39 is 5.82 Å². The molecule has 0 radical (unpaired) electrons. The molecule has 0 saturated carbocycles. The van der Waals surface area contributed by atoms with E-state index >= 15 is 0 Å². The molecule has 0 aromatic heterocycles. The second-order valence-corrected chi connectivity index (χ2v) is 5.79. The molecule has 1 aromatic carbocycles. The molecular formula is C16H22FN3O2. The number of hydrogen-bond acceptors (Lipinski definition) is 3. The van der Waals surface area contributed by atoms with Crippen LogP contribution >= 0.6 is 0 Å². The van der Waals surface area contributed by atoms with Crippen molar-refractivity contribution in [2.45, 2.75) is 19.3 Å². The molecule has 2 amide bonds. The zero-order valence-corrected chi connectivity index (χ0v) is 13.0. The van der Waals surface area contributed by atoms with Gasteiger partial charge in [0.25, 0.3) is 0 Å². The smallest absolute Gasteiger partial charge is 0.223 e. The Morgan fingerprint density at radius 3 is 2.64 bits per heavy atom. The van der Waals surface area contributed by atoms with E-state index in [-0.39, 0.29) is 17.5 Å². The van der Waals surface area contributed by atoms with E-state index in [0.717, 1.165) is 31.7 Å². The first-order valence-corrected chi connectivity index (χ1v) is 7.47. The summed E-state index contributed by atoms with van der Waals surface area (Å²) in [4.78, 5) is 26.7. The lowest BCUT2D eigenvalue weighted by molar-refractivity contribution is -0.133. The van der Waals surface area contributed by atoms with E-state index in [9.17, 15) is 14.0 Å². The quantitative estimate of drug-likeness (QED) is 0.842. The zero-order valence-electron chi connectivity index (χ0n) is 13.0. The van der Waals surface area contributed by atoms with Crippen molar-refractivity contribution in [3.8, 4) is 0 Å². The average Bonchev–Trinajstić information content (AvgIpc) is 2.50. The topological polar surface area (TPSA) is 52.7 Å². The van der Waals surface area contributed by atoms with Crippen LogP contribution in [0.5, 0.6) is 0 Å². The highest BCUT2D eigenvalue weighted by Gasteiger charge is 2.21. The molecule has 1 aliphatic rings. The Kier molecular flexibility index (Phi) is 5.49. The van der Waals surface area contributed by atoms with Crippen LogP contribution in [-0.2, 0) is 9.59 Å². The Labute approximate surface area is 130 Å². The molecule has 1 fully saturated rings. The fourth-order valence-corrected chi connectivity index (χ4v) is 2.58. The minimum Gasteiger partial charge on any atom is -0.340 e. The summed E-state index contributed by atoms with van der Waals surface area (Å²) in [6, 6.07) is 4.65. The van der Waals surface area contributed by atoms with E-state index in [1.807, 2.05) is 18.9 Å². The maximum Gasteiger partial charge on any atom is 0.223 e. The van der Waals surface area contributed by atoms with Crippen molar-refractivity contribution in [1.82, 2.24) is 9.80 Å². The molecule has 1 aromatic rings. The highest BCUT2D eigenvalue weighted by molar-refractivity contribution is 5.77. The number of halogens is 1. The van der Waals surface area contributed by atoms with Gasteiger partial charge in [0.05, 0.1) is 5.69 Å². The molecule has 1 aliphatic heterocycles. The molecule has 2 rings (SSSR count). The number of carbonyl (C=O) groups excluding carboxylic acids is 2. The Morgan fingerprint density at radius 1 is 1.36 bits per heavy atom. The van der Waals surface area contributed by atoms with E-state index in [2.05, 4.69) is 10.2 Å². The summed E-state index contributed by atoms with van der Waals surface area (Å²) in [5.41, 5.74) is 0.910. The fourth-order valence-electron chi connectivity index (χ4n) is 2.58. The van der Waals surface area contributed by atoms with Crippen LogP contribution in [0.25, 0.3) is 0 Å². The Balaban J connectivity index is 1.96. The van der Waals surface area contributed by atoms with E-state index in [1.165, 1.54) is 12.1 Å². The first kappa shape index (κ1) is 16.4. The first-order valence-electron chi connectivity index (χ1n) is 7.47. The highest BCUT2D eigenvalue weighted by Crippen LogP contribution is 2.24. The predicted molar refractivity (Wildman–Crippen MR) is 83.2 cm³/mol. The van der Waals surface area contributed by atoms with Gasteiger partial charge in [0.1, 0.15) is 5.82 Å². The van der Waals surface area contributed by atoms with Crippen LogP contribution < -0.4 is 5.32 Å². The normalized spacial score (nSPS) is 17.1. The van der Waals surface area contributed by atoms with Crippen molar-refractivity contribution in [1.29, 1.82) is 0 Å². The number of anilines is 1. The van der Waals surface area contributed by atoms with Crippen LogP contribution in [0.1, 0.15) is 24.8 Å². The van der Waals surface area contributed by atoms with Crippen LogP contribution in [0, 0.1) is 5.82 Å². The van der Waals surface area contributed by atoms with Gasteiger partial charge >= 0.3 is 0 Å². The maximum atomic E-state index is 13.8. The zero-order chi connectivity index (χ0) is 16.1. The lowest BCUT2D eigenvalue weighted by Crippen LogP contribution is -2.47. The number of nitrogens with one attached hydrogen (secondary N) is 1. The Morgan fingerprint density at radius 2 is 2.05 bits per heavy atom. The predicted octanol–water partition coefficient (Wildman–Crippen LogP) is 1.66. The van der Waals surface area contributed by atoms with Gasteiger partial charge in [-0.25, -0.2) is 4.39 Å². The summed E-state index contributed by atoms with van der Waals surface area (Å²) < 4.78 is 13.8. The van der Waals surface area contributed by atoms with Crippen molar-refractivity contribution >= 4 is 18.0 Å². The molecule has 1 N–H and O–H groups in total. The molecule has 6 heteroatoms. The van der Waals surface area contributed by atoms with Crippen LogP contribution in [0.15, 0.2) is 18.2 Å². The molecule has 1 unspecified atom stereocenters. The van der Waals surface area contributed by atoms with Gasteiger partial charge in [0, 0.05) is 32.6 Å². The van der Waals surface area contributed by atoms with Gasteiger partial charge in [-0.2, -0.15) is 0 Å². The molecule has 1 saturated heterocycles. The summed E-state index contributed by atoms with van der Waals surface area (Å²) in [5, 5.41) is 2.30. The molecule has 0 bridgehead atoms. The minimum atomic E-state index is -0.483. The van der Waals surface area contributed by atoms with Gasteiger partial charge in [0.15, 0.2) is 0 Å². The number of carbonyl (C=O) groups is 2. The number of amides is 2. The van der Waals surface area contributed by atoms with Crippen LogP contribution in [-0.4, -0.2) is 55.3 Å². The summed E-state index contributed by atoms with van der Waals surface area (Å²) in [7, 11) is 2.04. The third-order valence-electron chi connectivity index (χ3n) is 4.11. The largest absolute Gasteiger partial charge is 0.340 e. The second kappa shape index (κ2) is 7.35. The Bertz CT molecular complexity index is 542.